The summed E-state index contributed by atoms with van der Waals surface area (Å²) in [5.74, 6) is -6.93. The van der Waals surface area contributed by atoms with Gasteiger partial charge in [-0.15, -0.1) is 0 Å². The molecule has 14 heteroatoms. The first-order valence-electron chi connectivity index (χ1n) is 12.5. The van der Waals surface area contributed by atoms with E-state index in [0.29, 0.717) is 11.0 Å². The van der Waals surface area contributed by atoms with Gasteiger partial charge in [0.1, 0.15) is 24.6 Å². The number of carbonyl (C=O) groups excluding carboxylic acids is 3. The summed E-state index contributed by atoms with van der Waals surface area (Å²) in [5, 5.41) is 2.25. The fourth-order valence-electron chi connectivity index (χ4n) is 3.36. The minimum absolute atomic E-state index is 0.170. The van der Waals surface area contributed by atoms with Crippen LogP contribution in [0.25, 0.3) is 0 Å². The Morgan fingerprint density at radius 1 is 1.18 bits per heavy atom. The number of unbranched alkanes of at least 4 members (excludes halogenated alkanes) is 2. The second-order valence-corrected chi connectivity index (χ2v) is 9.58. The van der Waals surface area contributed by atoms with E-state index in [2.05, 4.69) is 10.3 Å². The number of alkyl halides is 2. The lowest BCUT2D eigenvalue weighted by molar-refractivity contribution is -0.180. The van der Waals surface area contributed by atoms with Crippen molar-refractivity contribution in [1.82, 2.24) is 9.55 Å². The van der Waals surface area contributed by atoms with Gasteiger partial charge in [0.25, 0.3) is 0 Å². The number of halogens is 2. The molecule has 1 amide bonds. The number of anilines is 1. The summed E-state index contributed by atoms with van der Waals surface area (Å²) >= 11 is 0. The van der Waals surface area contributed by atoms with E-state index in [1.54, 1.807) is 13.8 Å². The van der Waals surface area contributed by atoms with Crippen LogP contribution in [0.2, 0.25) is 0 Å². The molecule has 0 radical (unpaired) electrons. The second-order valence-electron chi connectivity index (χ2n) is 9.58. The molecular weight excluding hydrogens is 510 g/mol. The third-order valence-electron chi connectivity index (χ3n) is 5.74. The van der Waals surface area contributed by atoms with Crippen LogP contribution in [0.1, 0.15) is 60.1 Å². The quantitative estimate of drug-likeness (QED) is 0.226. The molecule has 0 aromatic carbocycles. The molecular formula is C24H36F2N4O8. The Morgan fingerprint density at radius 2 is 1.87 bits per heavy atom. The van der Waals surface area contributed by atoms with Crippen molar-refractivity contribution in [3.05, 3.63) is 22.7 Å². The molecule has 4 atom stereocenters. The molecule has 1 fully saturated rings. The first kappa shape index (κ1) is 31.1. The van der Waals surface area contributed by atoms with Gasteiger partial charge in [-0.05, 0) is 18.4 Å². The molecule has 1 saturated heterocycles. The fraction of sp³-hybridized carbons (Fsp3) is 0.708. The topological polar surface area (TPSA) is 161 Å². The van der Waals surface area contributed by atoms with Gasteiger partial charge in [0.05, 0.1) is 12.5 Å². The van der Waals surface area contributed by atoms with E-state index in [1.165, 1.54) is 13.8 Å². The number of carbonyl (C=O) groups is 3. The Bertz CT molecular complexity index is 1030. The SMILES string of the molecule is CCCCCOC(=O)Nc1ccn([C@@H]2O[C@H](COC(=O)[C@@H](N)C(C)C)[C@@H](OC(=O)C(C)C)C2(F)F)c(=O)n1. The molecule has 0 aliphatic carbocycles. The maximum atomic E-state index is 15.5. The molecule has 1 aromatic heterocycles. The molecule has 12 nitrogen and oxygen atoms in total. The van der Waals surface area contributed by atoms with Crippen LogP contribution in [-0.2, 0) is 28.5 Å². The third-order valence-corrected chi connectivity index (χ3v) is 5.74. The average Bonchev–Trinajstić information content (AvgIpc) is 3.09. The van der Waals surface area contributed by atoms with Crippen molar-refractivity contribution in [3.8, 4) is 0 Å². The monoisotopic (exact) mass is 546 g/mol. The zero-order valence-corrected chi connectivity index (χ0v) is 22.1. The fourth-order valence-corrected chi connectivity index (χ4v) is 3.36. The Morgan fingerprint density at radius 3 is 2.45 bits per heavy atom. The van der Waals surface area contributed by atoms with E-state index in [-0.39, 0.29) is 18.3 Å². The van der Waals surface area contributed by atoms with Crippen molar-refractivity contribution in [2.24, 2.45) is 17.6 Å². The average molecular weight is 547 g/mol. The second kappa shape index (κ2) is 13.6. The molecule has 3 N–H and O–H groups in total. The van der Waals surface area contributed by atoms with E-state index < -0.39 is 66.6 Å². The number of amides is 1. The Labute approximate surface area is 219 Å². The van der Waals surface area contributed by atoms with Gasteiger partial charge in [0, 0.05) is 6.20 Å². The number of esters is 2. The van der Waals surface area contributed by atoms with E-state index in [4.69, 9.17) is 24.7 Å². The van der Waals surface area contributed by atoms with Crippen molar-refractivity contribution >= 4 is 23.8 Å². The summed E-state index contributed by atoms with van der Waals surface area (Å²) in [6, 6.07) is 0.104. The van der Waals surface area contributed by atoms with Gasteiger partial charge in [-0.3, -0.25) is 19.5 Å². The molecule has 38 heavy (non-hydrogen) atoms. The molecule has 1 aromatic rings. The van der Waals surface area contributed by atoms with Crippen LogP contribution in [0, 0.1) is 11.8 Å². The first-order chi connectivity index (χ1) is 17.8. The predicted molar refractivity (Wildman–Crippen MR) is 130 cm³/mol. The highest BCUT2D eigenvalue weighted by atomic mass is 19.3. The van der Waals surface area contributed by atoms with E-state index in [0.717, 1.165) is 25.1 Å². The molecule has 1 aliphatic rings. The standard InChI is InChI=1S/C24H36F2N4O8/c1-6-7-8-11-35-23(34)29-16-9-10-30(22(33)28-16)21-24(25,26)18(38-19(31)14(4)5)15(37-21)12-36-20(32)17(27)13(2)3/h9-10,13-15,17-18,21H,6-8,11-12,27H2,1-5H3,(H,28,29,33,34)/t15-,17+,18-,21-/m1/s1. The van der Waals surface area contributed by atoms with Crippen LogP contribution in [0.15, 0.2) is 17.1 Å². The van der Waals surface area contributed by atoms with Crippen molar-refractivity contribution in [2.45, 2.75) is 84.3 Å². The minimum atomic E-state index is -3.92. The number of nitrogens with two attached hydrogens (primary N) is 1. The number of ether oxygens (including phenoxy) is 4. The summed E-state index contributed by atoms with van der Waals surface area (Å²) < 4.78 is 51.9. The molecule has 0 saturated carbocycles. The third kappa shape index (κ3) is 7.93. The lowest BCUT2D eigenvalue weighted by Gasteiger charge is -2.25. The van der Waals surface area contributed by atoms with Gasteiger partial charge in [0.15, 0.2) is 6.10 Å². The molecule has 2 heterocycles. The maximum absolute atomic E-state index is 15.5. The normalized spacial score (nSPS) is 21.3. The summed E-state index contributed by atoms with van der Waals surface area (Å²) in [5.41, 5.74) is 4.56. The van der Waals surface area contributed by atoms with Crippen molar-refractivity contribution in [3.63, 3.8) is 0 Å². The molecule has 0 spiro atoms. The van der Waals surface area contributed by atoms with Gasteiger partial charge in [-0.2, -0.15) is 13.8 Å². The highest BCUT2D eigenvalue weighted by Gasteiger charge is 2.63. The van der Waals surface area contributed by atoms with E-state index >= 15 is 8.78 Å². The van der Waals surface area contributed by atoms with Crippen molar-refractivity contribution in [2.75, 3.05) is 18.5 Å². The Hall–Kier alpha value is -3.13. The van der Waals surface area contributed by atoms with Gasteiger partial charge in [-0.25, -0.2) is 9.59 Å². The first-order valence-corrected chi connectivity index (χ1v) is 12.5. The maximum Gasteiger partial charge on any atom is 0.412 e. The number of nitrogens with one attached hydrogen (secondary N) is 1. The van der Waals surface area contributed by atoms with Crippen LogP contribution >= 0.6 is 0 Å². The zero-order valence-electron chi connectivity index (χ0n) is 22.1. The van der Waals surface area contributed by atoms with E-state index in [1.807, 2.05) is 6.92 Å². The highest BCUT2D eigenvalue weighted by Crippen LogP contribution is 2.44. The Kier molecular flexibility index (Phi) is 11.1. The minimum Gasteiger partial charge on any atom is -0.462 e. The van der Waals surface area contributed by atoms with Gasteiger partial charge >= 0.3 is 29.6 Å². The van der Waals surface area contributed by atoms with Crippen LogP contribution in [0.4, 0.5) is 19.4 Å². The molecule has 214 valence electrons. The number of hydrogen-bond acceptors (Lipinski definition) is 10. The van der Waals surface area contributed by atoms with Crippen LogP contribution < -0.4 is 16.7 Å². The van der Waals surface area contributed by atoms with Crippen LogP contribution in [-0.4, -0.2) is 65.0 Å². The van der Waals surface area contributed by atoms with Gasteiger partial charge in [-0.1, -0.05) is 47.5 Å². The van der Waals surface area contributed by atoms with Crippen LogP contribution in [0.3, 0.4) is 0 Å². The van der Waals surface area contributed by atoms with Crippen LogP contribution in [0.5, 0.6) is 0 Å². The predicted octanol–water partition coefficient (Wildman–Crippen LogP) is 2.61. The smallest absolute Gasteiger partial charge is 0.412 e. The Balaban J connectivity index is 2.23. The molecule has 0 unspecified atom stereocenters. The number of nitrogens with zero attached hydrogens (tertiary/aromatic N) is 2. The van der Waals surface area contributed by atoms with Crippen molar-refractivity contribution < 1.29 is 42.1 Å². The van der Waals surface area contributed by atoms with Gasteiger partial charge < -0.3 is 24.7 Å². The lowest BCUT2D eigenvalue weighted by atomic mass is 10.1. The molecule has 2 rings (SSSR count). The number of hydrogen-bond donors (Lipinski definition) is 2. The van der Waals surface area contributed by atoms with E-state index in [9.17, 15) is 19.2 Å². The number of rotatable bonds is 12. The lowest BCUT2D eigenvalue weighted by Crippen LogP contribution is -2.46. The van der Waals surface area contributed by atoms with Gasteiger partial charge in [0.2, 0.25) is 6.23 Å². The summed E-state index contributed by atoms with van der Waals surface area (Å²) in [7, 11) is 0. The largest absolute Gasteiger partial charge is 0.462 e. The van der Waals surface area contributed by atoms with Crippen molar-refractivity contribution in [1.29, 1.82) is 0 Å². The molecule has 1 aliphatic heterocycles. The summed E-state index contributed by atoms with van der Waals surface area (Å²) in [6.45, 7) is 7.73. The molecule has 0 bridgehead atoms. The summed E-state index contributed by atoms with van der Waals surface area (Å²) in [6.07, 6.45) is -3.46. The summed E-state index contributed by atoms with van der Waals surface area (Å²) in [4.78, 5) is 52.4. The highest BCUT2D eigenvalue weighted by molar-refractivity contribution is 5.83. The zero-order chi connectivity index (χ0) is 28.6. The number of aromatic nitrogens is 2.